The number of piperazine rings is 1. The molecule has 0 radical (unpaired) electrons. The van der Waals surface area contributed by atoms with Crippen LogP contribution in [0.15, 0.2) is 55.1 Å². The van der Waals surface area contributed by atoms with Gasteiger partial charge in [-0.25, -0.2) is 9.97 Å². The van der Waals surface area contributed by atoms with Crippen molar-refractivity contribution in [1.82, 2.24) is 24.8 Å². The van der Waals surface area contributed by atoms with E-state index in [0.717, 1.165) is 73.5 Å². The molecule has 0 spiro atoms. The Bertz CT molecular complexity index is 1360. The van der Waals surface area contributed by atoms with Gasteiger partial charge in [0.1, 0.15) is 5.69 Å². The van der Waals surface area contributed by atoms with E-state index in [2.05, 4.69) is 42.0 Å². The molecule has 5 rings (SSSR count). The minimum absolute atomic E-state index is 0.235. The SMILES string of the molecule is N#Cc1ccc2[nH]cc(CCCN3CCN(c4ncc(-c5ccc(C(N)=O)nc5)cn4)CC3)c2c1. The number of aryl methyl sites for hydroxylation is 1. The van der Waals surface area contributed by atoms with Crippen LogP contribution in [-0.4, -0.2) is 63.5 Å². The van der Waals surface area contributed by atoms with Crippen molar-refractivity contribution < 1.29 is 4.79 Å². The molecular formula is C26H26N8O. The van der Waals surface area contributed by atoms with Crippen LogP contribution in [0.3, 0.4) is 0 Å². The Morgan fingerprint density at radius 1 is 1.03 bits per heavy atom. The number of hydrogen-bond donors (Lipinski definition) is 2. The molecule has 1 saturated heterocycles. The van der Waals surface area contributed by atoms with Gasteiger partial charge >= 0.3 is 0 Å². The average Bonchev–Trinajstić information content (AvgIpc) is 3.31. The second kappa shape index (κ2) is 9.91. The number of rotatable bonds is 7. The maximum absolute atomic E-state index is 11.2. The molecule has 3 aromatic heterocycles. The van der Waals surface area contributed by atoms with Gasteiger partial charge < -0.3 is 15.6 Å². The molecule has 3 N–H and O–H groups in total. The van der Waals surface area contributed by atoms with Crippen LogP contribution in [0.4, 0.5) is 5.95 Å². The monoisotopic (exact) mass is 466 g/mol. The highest BCUT2D eigenvalue weighted by Gasteiger charge is 2.19. The fourth-order valence-corrected chi connectivity index (χ4v) is 4.46. The highest BCUT2D eigenvalue weighted by Crippen LogP contribution is 2.22. The van der Waals surface area contributed by atoms with Gasteiger partial charge in [-0.15, -0.1) is 0 Å². The smallest absolute Gasteiger partial charge is 0.267 e. The van der Waals surface area contributed by atoms with E-state index < -0.39 is 5.91 Å². The molecule has 1 amide bonds. The molecule has 9 heteroatoms. The predicted molar refractivity (Wildman–Crippen MR) is 134 cm³/mol. The number of anilines is 1. The van der Waals surface area contributed by atoms with Crippen LogP contribution in [0.2, 0.25) is 0 Å². The quantitative estimate of drug-likeness (QED) is 0.429. The number of nitriles is 1. The number of carbonyl (C=O) groups is 1. The molecule has 9 nitrogen and oxygen atoms in total. The first-order valence-corrected chi connectivity index (χ1v) is 11.7. The van der Waals surface area contributed by atoms with Crippen LogP contribution in [0.25, 0.3) is 22.0 Å². The molecule has 35 heavy (non-hydrogen) atoms. The lowest BCUT2D eigenvalue weighted by atomic mass is 10.1. The van der Waals surface area contributed by atoms with Crippen molar-refractivity contribution in [3.63, 3.8) is 0 Å². The summed E-state index contributed by atoms with van der Waals surface area (Å²) in [4.78, 5) is 32.4. The summed E-state index contributed by atoms with van der Waals surface area (Å²) in [6, 6.07) is 11.4. The molecule has 0 saturated carbocycles. The molecule has 0 bridgehead atoms. The topological polar surface area (TPSA) is 128 Å². The van der Waals surface area contributed by atoms with Crippen molar-refractivity contribution in [1.29, 1.82) is 5.26 Å². The molecule has 176 valence electrons. The molecule has 1 aliphatic heterocycles. The third kappa shape index (κ3) is 4.98. The van der Waals surface area contributed by atoms with Gasteiger partial charge in [-0.05, 0) is 49.2 Å². The number of hydrogen-bond acceptors (Lipinski definition) is 7. The Morgan fingerprint density at radius 2 is 1.80 bits per heavy atom. The molecule has 0 unspecified atom stereocenters. The zero-order chi connectivity index (χ0) is 24.2. The van der Waals surface area contributed by atoms with Gasteiger partial charge in [0.15, 0.2) is 0 Å². The van der Waals surface area contributed by atoms with E-state index in [1.165, 1.54) is 5.56 Å². The lowest BCUT2D eigenvalue weighted by Crippen LogP contribution is -2.47. The van der Waals surface area contributed by atoms with Crippen LogP contribution in [-0.2, 0) is 6.42 Å². The first-order chi connectivity index (χ1) is 17.1. The summed E-state index contributed by atoms with van der Waals surface area (Å²) >= 11 is 0. The normalized spacial score (nSPS) is 14.2. The van der Waals surface area contributed by atoms with Crippen molar-refractivity contribution in [2.45, 2.75) is 12.8 Å². The van der Waals surface area contributed by atoms with Crippen LogP contribution < -0.4 is 10.6 Å². The number of fused-ring (bicyclic) bond motifs is 1. The van der Waals surface area contributed by atoms with Gasteiger partial charge in [0, 0.05) is 73.0 Å². The number of carbonyl (C=O) groups excluding carboxylic acids is 1. The van der Waals surface area contributed by atoms with Crippen molar-refractivity contribution in [2.24, 2.45) is 5.73 Å². The van der Waals surface area contributed by atoms with Gasteiger partial charge in [-0.2, -0.15) is 5.26 Å². The van der Waals surface area contributed by atoms with E-state index in [1.54, 1.807) is 30.7 Å². The number of aromatic amines is 1. The Morgan fingerprint density at radius 3 is 2.49 bits per heavy atom. The van der Waals surface area contributed by atoms with E-state index in [0.29, 0.717) is 5.56 Å². The summed E-state index contributed by atoms with van der Waals surface area (Å²) in [7, 11) is 0. The number of aromatic nitrogens is 4. The summed E-state index contributed by atoms with van der Waals surface area (Å²) < 4.78 is 0. The zero-order valence-corrected chi connectivity index (χ0v) is 19.3. The lowest BCUT2D eigenvalue weighted by molar-refractivity contribution is 0.0995. The van der Waals surface area contributed by atoms with Crippen LogP contribution in [0.1, 0.15) is 28.0 Å². The molecule has 4 heterocycles. The molecule has 0 atom stereocenters. The number of H-pyrrole nitrogens is 1. The largest absolute Gasteiger partial charge is 0.364 e. The fourth-order valence-electron chi connectivity index (χ4n) is 4.46. The van der Waals surface area contributed by atoms with E-state index >= 15 is 0 Å². The minimum Gasteiger partial charge on any atom is -0.364 e. The van der Waals surface area contributed by atoms with Crippen LogP contribution >= 0.6 is 0 Å². The predicted octanol–water partition coefficient (Wildman–Crippen LogP) is 2.75. The second-order valence-corrected chi connectivity index (χ2v) is 8.69. The average molecular weight is 467 g/mol. The maximum atomic E-state index is 11.2. The maximum Gasteiger partial charge on any atom is 0.267 e. The molecule has 1 aromatic carbocycles. The van der Waals surface area contributed by atoms with E-state index in [-0.39, 0.29) is 5.69 Å². The molecule has 4 aromatic rings. The number of amides is 1. The van der Waals surface area contributed by atoms with E-state index in [4.69, 9.17) is 5.73 Å². The zero-order valence-electron chi connectivity index (χ0n) is 19.3. The minimum atomic E-state index is -0.547. The number of benzene rings is 1. The van der Waals surface area contributed by atoms with Crippen LogP contribution in [0.5, 0.6) is 0 Å². The Balaban J connectivity index is 1.12. The number of pyridine rings is 1. The summed E-state index contributed by atoms with van der Waals surface area (Å²) in [6.45, 7) is 4.73. The number of nitrogens with two attached hydrogens (primary N) is 1. The van der Waals surface area contributed by atoms with Crippen molar-refractivity contribution in [3.8, 4) is 17.2 Å². The van der Waals surface area contributed by atoms with E-state index in [9.17, 15) is 10.1 Å². The van der Waals surface area contributed by atoms with Gasteiger partial charge in [-0.1, -0.05) is 6.07 Å². The molecule has 1 aliphatic rings. The Hall–Kier alpha value is -4.29. The Kier molecular flexibility index (Phi) is 6.37. The second-order valence-electron chi connectivity index (χ2n) is 8.69. The third-order valence-electron chi connectivity index (χ3n) is 6.46. The summed E-state index contributed by atoms with van der Waals surface area (Å²) in [5.74, 6) is 0.177. The van der Waals surface area contributed by atoms with Crippen molar-refractivity contribution in [3.05, 3.63) is 71.9 Å². The van der Waals surface area contributed by atoms with E-state index in [1.807, 2.05) is 18.2 Å². The summed E-state index contributed by atoms with van der Waals surface area (Å²) in [5, 5.41) is 10.3. The molecular weight excluding hydrogens is 440 g/mol. The third-order valence-corrected chi connectivity index (χ3v) is 6.46. The first kappa shape index (κ1) is 22.5. The number of primary amides is 1. The summed E-state index contributed by atoms with van der Waals surface area (Å²) in [6.07, 6.45) is 9.29. The highest BCUT2D eigenvalue weighted by molar-refractivity contribution is 5.91. The van der Waals surface area contributed by atoms with Gasteiger partial charge in [0.25, 0.3) is 5.91 Å². The lowest BCUT2D eigenvalue weighted by Gasteiger charge is -2.34. The Labute approximate surface area is 203 Å². The van der Waals surface area contributed by atoms with Crippen molar-refractivity contribution >= 4 is 22.8 Å². The number of nitrogens with zero attached hydrogens (tertiary/aromatic N) is 6. The van der Waals surface area contributed by atoms with Gasteiger partial charge in [-0.3, -0.25) is 14.7 Å². The highest BCUT2D eigenvalue weighted by atomic mass is 16.1. The van der Waals surface area contributed by atoms with Crippen molar-refractivity contribution in [2.75, 3.05) is 37.6 Å². The summed E-state index contributed by atoms with van der Waals surface area (Å²) in [5.41, 5.74) is 10.2. The first-order valence-electron chi connectivity index (χ1n) is 11.7. The fraction of sp³-hybridized carbons (Fsp3) is 0.269. The molecule has 0 aliphatic carbocycles. The molecule has 1 fully saturated rings. The van der Waals surface area contributed by atoms with Gasteiger partial charge in [0.2, 0.25) is 5.95 Å². The number of nitrogens with one attached hydrogen (secondary N) is 1. The standard InChI is InChI=1S/C26H26N8O/c27-13-18-3-5-23-22(12-18)20(15-29-23)2-1-7-33-8-10-34(11-9-33)26-31-16-21(17-32-26)19-4-6-24(25(28)35)30-14-19/h3-6,12,14-17,29H,1-2,7-11H2,(H2,28,35). The van der Waals surface area contributed by atoms with Gasteiger partial charge in [0.05, 0.1) is 11.6 Å². The van der Waals surface area contributed by atoms with Crippen LogP contribution in [0, 0.1) is 11.3 Å².